The van der Waals surface area contributed by atoms with Crippen LogP contribution in [0.4, 0.5) is 0 Å². The monoisotopic (exact) mass is 340 g/mol. The normalized spacial score (nSPS) is 19.7. The number of rotatable bonds is 5. The molecule has 0 aliphatic heterocycles. The van der Waals surface area contributed by atoms with E-state index in [2.05, 4.69) is 17.6 Å². The Bertz CT molecular complexity index is 517. The van der Waals surface area contributed by atoms with E-state index in [1.165, 1.54) is 31.9 Å². The van der Waals surface area contributed by atoms with E-state index in [-0.39, 0.29) is 5.91 Å². The molecule has 1 amide bonds. The van der Waals surface area contributed by atoms with Gasteiger partial charge in [0, 0.05) is 19.1 Å². The van der Waals surface area contributed by atoms with Crippen molar-refractivity contribution in [1.29, 1.82) is 0 Å². The predicted octanol–water partition coefficient (Wildman–Crippen LogP) is 1.33. The zero-order valence-electron chi connectivity index (χ0n) is 13.7. The van der Waals surface area contributed by atoms with Crippen LogP contribution in [0.2, 0.25) is 0 Å². The minimum absolute atomic E-state index is 0.140. The zero-order valence-corrected chi connectivity index (χ0v) is 13.7. The van der Waals surface area contributed by atoms with E-state index < -0.39 is 11.9 Å². The molecule has 1 heterocycles. The second-order valence-corrected chi connectivity index (χ2v) is 5.77. The largest absolute Gasteiger partial charge is 0.473 e. The van der Waals surface area contributed by atoms with Crippen LogP contribution in [0.3, 0.4) is 0 Å². The number of carboxylic acids is 2. The molecule has 1 fully saturated rings. The first-order chi connectivity index (χ1) is 11.4. The molecular formula is C16H24N2O6. The number of furan rings is 1. The molecule has 24 heavy (non-hydrogen) atoms. The van der Waals surface area contributed by atoms with E-state index in [9.17, 15) is 4.79 Å². The Balaban J connectivity index is 0.000000413. The maximum absolute atomic E-state index is 11.6. The lowest BCUT2D eigenvalue weighted by Crippen LogP contribution is -2.39. The number of hydrogen-bond acceptors (Lipinski definition) is 5. The van der Waals surface area contributed by atoms with Gasteiger partial charge in [-0.05, 0) is 30.9 Å². The molecule has 1 aliphatic rings. The lowest BCUT2D eigenvalue weighted by atomic mass is 9.87. The maximum atomic E-state index is 11.6. The average molecular weight is 340 g/mol. The quantitative estimate of drug-likeness (QED) is 0.470. The standard InChI is InChI=1S/C14H22N2O2.C2H2O4/c1-11-4-2-5-12(10-11)15-7-8-16-14(17)13-6-3-9-18-13;3-1(4)2(5)6/h3,6,9,11-12,15H,2,4-5,7-8,10H2,1H3,(H,16,17);(H,3,4)(H,5,6). The van der Waals surface area contributed by atoms with Crippen molar-refractivity contribution in [3.63, 3.8) is 0 Å². The van der Waals surface area contributed by atoms with Gasteiger partial charge in [0.2, 0.25) is 0 Å². The van der Waals surface area contributed by atoms with Crippen LogP contribution in [0.1, 0.15) is 43.2 Å². The third-order valence-corrected chi connectivity index (χ3v) is 3.71. The van der Waals surface area contributed by atoms with Gasteiger partial charge in [0.1, 0.15) is 0 Å². The third-order valence-electron chi connectivity index (χ3n) is 3.71. The summed E-state index contributed by atoms with van der Waals surface area (Å²) in [5.41, 5.74) is 0. The first kappa shape index (κ1) is 19.7. The van der Waals surface area contributed by atoms with Crippen LogP contribution in [0.5, 0.6) is 0 Å². The smallest absolute Gasteiger partial charge is 0.414 e. The van der Waals surface area contributed by atoms with Gasteiger partial charge >= 0.3 is 11.9 Å². The summed E-state index contributed by atoms with van der Waals surface area (Å²) in [5.74, 6) is -2.58. The highest BCUT2D eigenvalue weighted by atomic mass is 16.4. The lowest BCUT2D eigenvalue weighted by molar-refractivity contribution is -0.159. The number of carbonyl (C=O) groups is 3. The highest BCUT2D eigenvalue weighted by molar-refractivity contribution is 6.27. The highest BCUT2D eigenvalue weighted by Gasteiger charge is 2.17. The molecule has 0 radical (unpaired) electrons. The molecule has 1 aliphatic carbocycles. The van der Waals surface area contributed by atoms with Crippen LogP contribution in [-0.4, -0.2) is 47.2 Å². The fraction of sp³-hybridized carbons (Fsp3) is 0.562. The second-order valence-electron chi connectivity index (χ2n) is 5.77. The molecule has 0 saturated heterocycles. The lowest BCUT2D eigenvalue weighted by Gasteiger charge is -2.27. The number of amides is 1. The summed E-state index contributed by atoms with van der Waals surface area (Å²) in [6, 6.07) is 4.01. The number of carboxylic acid groups (broad SMARTS) is 2. The predicted molar refractivity (Wildman–Crippen MR) is 85.7 cm³/mol. The second kappa shape index (κ2) is 10.4. The van der Waals surface area contributed by atoms with Crippen molar-refractivity contribution in [2.24, 2.45) is 5.92 Å². The van der Waals surface area contributed by atoms with Gasteiger partial charge < -0.3 is 25.3 Å². The van der Waals surface area contributed by atoms with Crippen molar-refractivity contribution in [3.05, 3.63) is 24.2 Å². The molecule has 0 bridgehead atoms. The van der Waals surface area contributed by atoms with E-state index in [0.717, 1.165) is 12.5 Å². The Morgan fingerprint density at radius 1 is 1.21 bits per heavy atom. The number of nitrogens with one attached hydrogen (secondary N) is 2. The molecule has 2 atom stereocenters. The maximum Gasteiger partial charge on any atom is 0.414 e. The van der Waals surface area contributed by atoms with Gasteiger partial charge in [-0.3, -0.25) is 4.79 Å². The van der Waals surface area contributed by atoms with Crippen LogP contribution >= 0.6 is 0 Å². The molecule has 1 aromatic heterocycles. The molecule has 2 rings (SSSR count). The Labute approximate surface area is 140 Å². The molecule has 1 saturated carbocycles. The van der Waals surface area contributed by atoms with Gasteiger partial charge in [0.05, 0.1) is 6.26 Å². The first-order valence-corrected chi connectivity index (χ1v) is 7.91. The van der Waals surface area contributed by atoms with Gasteiger partial charge in [-0.1, -0.05) is 19.8 Å². The molecule has 1 aromatic rings. The molecule has 2 unspecified atom stereocenters. The van der Waals surface area contributed by atoms with E-state index >= 15 is 0 Å². The molecule has 0 aromatic carbocycles. The number of aliphatic carboxylic acids is 2. The Morgan fingerprint density at radius 3 is 2.46 bits per heavy atom. The molecule has 8 nitrogen and oxygen atoms in total. The number of carbonyl (C=O) groups excluding carboxylic acids is 1. The summed E-state index contributed by atoms with van der Waals surface area (Å²) in [5, 5.41) is 21.1. The Morgan fingerprint density at radius 2 is 1.92 bits per heavy atom. The van der Waals surface area contributed by atoms with Crippen LogP contribution in [0.15, 0.2) is 22.8 Å². The van der Waals surface area contributed by atoms with Crippen molar-refractivity contribution in [2.45, 2.75) is 38.6 Å². The van der Waals surface area contributed by atoms with Gasteiger partial charge in [-0.15, -0.1) is 0 Å². The molecular weight excluding hydrogens is 316 g/mol. The molecule has 4 N–H and O–H groups in total. The van der Waals surface area contributed by atoms with Crippen LogP contribution < -0.4 is 10.6 Å². The van der Waals surface area contributed by atoms with Crippen molar-refractivity contribution in [3.8, 4) is 0 Å². The van der Waals surface area contributed by atoms with E-state index in [1.54, 1.807) is 12.1 Å². The third kappa shape index (κ3) is 7.77. The Hall–Kier alpha value is -2.35. The van der Waals surface area contributed by atoms with Crippen molar-refractivity contribution in [2.75, 3.05) is 13.1 Å². The SMILES string of the molecule is CC1CCCC(NCCNC(=O)c2ccco2)C1.O=C(O)C(=O)O. The van der Waals surface area contributed by atoms with Crippen molar-refractivity contribution < 1.29 is 29.0 Å². The van der Waals surface area contributed by atoms with Crippen LogP contribution in [0, 0.1) is 5.92 Å². The fourth-order valence-corrected chi connectivity index (χ4v) is 2.57. The van der Waals surface area contributed by atoms with E-state index in [4.69, 9.17) is 24.2 Å². The Kier molecular flexibility index (Phi) is 8.56. The summed E-state index contributed by atoms with van der Waals surface area (Å²) in [7, 11) is 0. The molecule has 0 spiro atoms. The van der Waals surface area contributed by atoms with Gasteiger partial charge in [0.25, 0.3) is 5.91 Å². The van der Waals surface area contributed by atoms with Crippen molar-refractivity contribution >= 4 is 17.8 Å². The molecule has 8 heteroatoms. The highest BCUT2D eigenvalue weighted by Crippen LogP contribution is 2.23. The fourth-order valence-electron chi connectivity index (χ4n) is 2.57. The summed E-state index contributed by atoms with van der Waals surface area (Å²) < 4.78 is 5.02. The van der Waals surface area contributed by atoms with Gasteiger partial charge in [-0.2, -0.15) is 0 Å². The van der Waals surface area contributed by atoms with Crippen molar-refractivity contribution in [1.82, 2.24) is 10.6 Å². The molecule has 134 valence electrons. The van der Waals surface area contributed by atoms with Crippen LogP contribution in [-0.2, 0) is 9.59 Å². The summed E-state index contributed by atoms with van der Waals surface area (Å²) >= 11 is 0. The minimum atomic E-state index is -1.82. The summed E-state index contributed by atoms with van der Waals surface area (Å²) in [6.07, 6.45) is 6.70. The van der Waals surface area contributed by atoms with E-state index in [0.29, 0.717) is 18.3 Å². The topological polar surface area (TPSA) is 129 Å². The average Bonchev–Trinajstić information content (AvgIpc) is 3.06. The first-order valence-electron chi connectivity index (χ1n) is 7.91. The van der Waals surface area contributed by atoms with Gasteiger partial charge in [-0.25, -0.2) is 9.59 Å². The van der Waals surface area contributed by atoms with Gasteiger partial charge in [0.15, 0.2) is 5.76 Å². The number of hydrogen-bond donors (Lipinski definition) is 4. The van der Waals surface area contributed by atoms with E-state index in [1.807, 2.05) is 0 Å². The minimum Gasteiger partial charge on any atom is -0.473 e. The summed E-state index contributed by atoms with van der Waals surface area (Å²) in [4.78, 5) is 29.8. The zero-order chi connectivity index (χ0) is 17.9. The summed E-state index contributed by atoms with van der Waals surface area (Å²) in [6.45, 7) is 3.78. The van der Waals surface area contributed by atoms with Crippen LogP contribution in [0.25, 0.3) is 0 Å².